The molecular formula is C15H27NO3S. The molecule has 0 atom stereocenters. The minimum absolute atomic E-state index is 0.256. The molecule has 0 aromatic rings. The Morgan fingerprint density at radius 2 is 1.90 bits per heavy atom. The molecular weight excluding hydrogens is 274 g/mol. The molecule has 2 N–H and O–H groups in total. The zero-order valence-electron chi connectivity index (χ0n) is 12.6. The molecule has 2 aliphatic rings. The van der Waals surface area contributed by atoms with Crippen LogP contribution in [0.1, 0.15) is 46.0 Å². The summed E-state index contributed by atoms with van der Waals surface area (Å²) < 4.78 is 0.332. The monoisotopic (exact) mass is 301 g/mol. The molecule has 0 unspecified atom stereocenters. The highest BCUT2D eigenvalue weighted by molar-refractivity contribution is 8.00. The van der Waals surface area contributed by atoms with Crippen LogP contribution in [0.3, 0.4) is 0 Å². The highest BCUT2D eigenvalue weighted by Gasteiger charge is 2.37. The minimum Gasteiger partial charge on any atom is -0.481 e. The molecule has 0 bridgehead atoms. The van der Waals surface area contributed by atoms with Crippen LogP contribution >= 0.6 is 11.8 Å². The molecule has 0 spiro atoms. The van der Waals surface area contributed by atoms with E-state index >= 15 is 0 Å². The Morgan fingerprint density at radius 1 is 1.25 bits per heavy atom. The average Bonchev–Trinajstić information content (AvgIpc) is 2.51. The summed E-state index contributed by atoms with van der Waals surface area (Å²) in [5.41, 5.74) is -0.675. The normalized spacial score (nSPS) is 35.5. The predicted octanol–water partition coefficient (Wildman–Crippen LogP) is 2.21. The van der Waals surface area contributed by atoms with Gasteiger partial charge in [0.2, 0.25) is 0 Å². The first kappa shape index (κ1) is 16.1. The minimum atomic E-state index is -0.708. The fourth-order valence-electron chi connectivity index (χ4n) is 3.20. The third-order valence-corrected chi connectivity index (χ3v) is 6.09. The Balaban J connectivity index is 1.85. The summed E-state index contributed by atoms with van der Waals surface area (Å²) in [4.78, 5) is 13.3. The van der Waals surface area contributed by atoms with Gasteiger partial charge in [0.1, 0.15) is 0 Å². The van der Waals surface area contributed by atoms with Gasteiger partial charge in [0.15, 0.2) is 0 Å². The Kier molecular flexibility index (Phi) is 5.03. The van der Waals surface area contributed by atoms with Gasteiger partial charge in [-0.1, -0.05) is 13.8 Å². The lowest BCUT2D eigenvalue weighted by molar-refractivity contribution is -0.145. The molecule has 1 aliphatic carbocycles. The van der Waals surface area contributed by atoms with Crippen molar-refractivity contribution < 1.29 is 15.0 Å². The molecule has 1 saturated carbocycles. The molecule has 0 aromatic carbocycles. The highest BCUT2D eigenvalue weighted by Crippen LogP contribution is 2.35. The van der Waals surface area contributed by atoms with Crippen LogP contribution in [0.25, 0.3) is 0 Å². The fraction of sp³-hybridized carbons (Fsp3) is 0.933. The quantitative estimate of drug-likeness (QED) is 0.837. The standard InChI is InChI=1S/C15H27NO3S/c1-14(2)7-8-16(9-10-20-14)11-15(19)5-3-12(4-6-15)13(17)18/h12,19H,3-11H2,1-2H3,(H,17,18). The van der Waals surface area contributed by atoms with Crippen molar-refractivity contribution in [3.63, 3.8) is 0 Å². The average molecular weight is 301 g/mol. The molecule has 5 heteroatoms. The van der Waals surface area contributed by atoms with Crippen LogP contribution in [0, 0.1) is 5.92 Å². The summed E-state index contributed by atoms with van der Waals surface area (Å²) in [5, 5.41) is 19.7. The van der Waals surface area contributed by atoms with Gasteiger partial charge < -0.3 is 10.2 Å². The van der Waals surface area contributed by atoms with E-state index in [9.17, 15) is 9.90 Å². The number of rotatable bonds is 3. The lowest BCUT2D eigenvalue weighted by atomic mass is 9.78. The van der Waals surface area contributed by atoms with Crippen LogP contribution < -0.4 is 0 Å². The summed E-state index contributed by atoms with van der Waals surface area (Å²) in [5.74, 6) is 0.148. The number of hydrogen-bond donors (Lipinski definition) is 2. The van der Waals surface area contributed by atoms with Gasteiger partial charge in [-0.3, -0.25) is 9.69 Å². The molecule has 116 valence electrons. The second-order valence-corrected chi connectivity index (χ2v) is 8.77. The van der Waals surface area contributed by atoms with Crippen molar-refractivity contribution >= 4 is 17.7 Å². The first-order chi connectivity index (χ1) is 9.30. The smallest absolute Gasteiger partial charge is 0.306 e. The Hall–Kier alpha value is -0.260. The fourth-order valence-corrected chi connectivity index (χ4v) is 4.33. The number of nitrogens with zero attached hydrogens (tertiary/aromatic N) is 1. The lowest BCUT2D eigenvalue weighted by Gasteiger charge is -2.38. The molecule has 2 fully saturated rings. The third kappa shape index (κ3) is 4.37. The first-order valence-corrected chi connectivity index (χ1v) is 8.60. The molecule has 1 saturated heterocycles. The van der Waals surface area contributed by atoms with E-state index in [1.807, 2.05) is 11.8 Å². The SMILES string of the molecule is CC1(C)CCN(CC2(O)CCC(C(=O)O)CC2)CCS1. The molecule has 0 amide bonds. The number of aliphatic carboxylic acids is 1. The van der Waals surface area contributed by atoms with Gasteiger partial charge in [-0.15, -0.1) is 0 Å². The van der Waals surface area contributed by atoms with Crippen molar-refractivity contribution in [3.8, 4) is 0 Å². The maximum absolute atomic E-state index is 11.0. The van der Waals surface area contributed by atoms with Crippen molar-refractivity contribution in [1.82, 2.24) is 4.90 Å². The number of hydrogen-bond acceptors (Lipinski definition) is 4. The number of carboxylic acid groups (broad SMARTS) is 1. The van der Waals surface area contributed by atoms with Crippen molar-refractivity contribution in [1.29, 1.82) is 0 Å². The highest BCUT2D eigenvalue weighted by atomic mass is 32.2. The number of β-amino-alcohol motifs (C(OH)–C–C–N with tert-alkyl or cyclic N) is 1. The van der Waals surface area contributed by atoms with Gasteiger partial charge in [0.25, 0.3) is 0 Å². The summed E-state index contributed by atoms with van der Waals surface area (Å²) in [6, 6.07) is 0. The molecule has 2 rings (SSSR count). The van der Waals surface area contributed by atoms with Gasteiger partial charge in [-0.25, -0.2) is 0 Å². The zero-order chi connectivity index (χ0) is 14.8. The number of carbonyl (C=O) groups is 1. The van der Waals surface area contributed by atoms with Crippen molar-refractivity contribution in [2.75, 3.05) is 25.4 Å². The Labute approximate surface area is 125 Å². The Morgan fingerprint density at radius 3 is 2.50 bits per heavy atom. The van der Waals surface area contributed by atoms with E-state index < -0.39 is 11.6 Å². The number of aliphatic hydroxyl groups is 1. The van der Waals surface area contributed by atoms with Crippen molar-refractivity contribution in [2.24, 2.45) is 5.92 Å². The van der Waals surface area contributed by atoms with E-state index in [0.29, 0.717) is 37.0 Å². The van der Waals surface area contributed by atoms with Crippen molar-refractivity contribution in [3.05, 3.63) is 0 Å². The first-order valence-electron chi connectivity index (χ1n) is 7.61. The van der Waals surface area contributed by atoms with E-state index in [1.54, 1.807) is 0 Å². The van der Waals surface area contributed by atoms with E-state index in [0.717, 1.165) is 25.3 Å². The maximum atomic E-state index is 11.0. The van der Waals surface area contributed by atoms with E-state index in [2.05, 4.69) is 18.7 Å². The topological polar surface area (TPSA) is 60.8 Å². The molecule has 20 heavy (non-hydrogen) atoms. The van der Waals surface area contributed by atoms with E-state index in [4.69, 9.17) is 5.11 Å². The molecule has 1 heterocycles. The summed E-state index contributed by atoms with van der Waals surface area (Å²) in [6.45, 7) is 7.33. The van der Waals surface area contributed by atoms with Crippen molar-refractivity contribution in [2.45, 2.75) is 56.3 Å². The second-order valence-electron chi connectivity index (χ2n) is 6.97. The third-order valence-electron chi connectivity index (χ3n) is 4.71. The number of thioether (sulfide) groups is 1. The van der Waals surface area contributed by atoms with Gasteiger partial charge in [0.05, 0.1) is 11.5 Å². The maximum Gasteiger partial charge on any atom is 0.306 e. The van der Waals surface area contributed by atoms with Crippen LogP contribution in [0.4, 0.5) is 0 Å². The summed E-state index contributed by atoms with van der Waals surface area (Å²) >= 11 is 2.01. The Bertz CT molecular complexity index is 351. The van der Waals surface area contributed by atoms with E-state index in [1.165, 1.54) is 0 Å². The molecule has 4 nitrogen and oxygen atoms in total. The molecule has 0 radical (unpaired) electrons. The van der Waals surface area contributed by atoms with Crippen LogP contribution in [-0.4, -0.2) is 56.8 Å². The van der Waals surface area contributed by atoms with Gasteiger partial charge in [0, 0.05) is 23.6 Å². The summed E-state index contributed by atoms with van der Waals surface area (Å²) in [6.07, 6.45) is 3.61. The largest absolute Gasteiger partial charge is 0.481 e. The molecule has 0 aromatic heterocycles. The predicted molar refractivity (Wildman–Crippen MR) is 82.1 cm³/mol. The van der Waals surface area contributed by atoms with Crippen LogP contribution in [0.15, 0.2) is 0 Å². The zero-order valence-corrected chi connectivity index (χ0v) is 13.4. The molecule has 1 aliphatic heterocycles. The number of carboxylic acids is 1. The van der Waals surface area contributed by atoms with Crippen LogP contribution in [-0.2, 0) is 4.79 Å². The summed E-state index contributed by atoms with van der Waals surface area (Å²) in [7, 11) is 0. The van der Waals surface area contributed by atoms with Gasteiger partial charge in [-0.05, 0) is 38.6 Å². The van der Waals surface area contributed by atoms with Crippen LogP contribution in [0.2, 0.25) is 0 Å². The van der Waals surface area contributed by atoms with Gasteiger partial charge >= 0.3 is 5.97 Å². The second kappa shape index (κ2) is 6.24. The van der Waals surface area contributed by atoms with Gasteiger partial charge in [-0.2, -0.15) is 11.8 Å². The lowest BCUT2D eigenvalue weighted by Crippen LogP contribution is -2.47. The van der Waals surface area contributed by atoms with Crippen LogP contribution in [0.5, 0.6) is 0 Å². The van der Waals surface area contributed by atoms with E-state index in [-0.39, 0.29) is 5.92 Å².